The molecule has 2 fully saturated rings. The van der Waals surface area contributed by atoms with Crippen molar-refractivity contribution in [2.45, 2.75) is 19.3 Å². The number of nitrogens with one attached hydrogen (secondary N) is 2. The molecule has 8 nitrogen and oxygen atoms in total. The molecule has 27 heavy (non-hydrogen) atoms. The predicted octanol–water partition coefficient (Wildman–Crippen LogP) is 1.98. The molecule has 0 radical (unpaired) electrons. The van der Waals surface area contributed by atoms with Gasteiger partial charge in [-0.25, -0.2) is 9.78 Å². The Labute approximate surface area is 160 Å². The third kappa shape index (κ3) is 3.77. The van der Waals surface area contributed by atoms with E-state index >= 15 is 0 Å². The second-order valence-corrected chi connectivity index (χ2v) is 7.26. The van der Waals surface area contributed by atoms with Crippen LogP contribution in [0.1, 0.15) is 18.5 Å². The minimum atomic E-state index is -0.175. The minimum Gasteiger partial charge on any atom is -0.336 e. The third-order valence-electron chi connectivity index (χ3n) is 4.51. The van der Waals surface area contributed by atoms with Crippen LogP contribution >= 0.6 is 11.3 Å². The first-order chi connectivity index (χ1) is 13.1. The standard InChI is InChI=1S/C18H19N5O3S/c24-15(10-13-11-27-18(21-13)23-8-1-2-16(23)25)20-12-3-5-14(6-4-12)22-9-7-19-17(22)26/h3-6,11H,1-2,7-10H2,(H,19,26)(H,20,24). The number of hydrogen-bond acceptors (Lipinski definition) is 5. The fourth-order valence-electron chi connectivity index (χ4n) is 3.16. The van der Waals surface area contributed by atoms with Crippen molar-refractivity contribution >= 4 is 45.7 Å². The van der Waals surface area contributed by atoms with Crippen molar-refractivity contribution in [2.75, 3.05) is 34.8 Å². The Kier molecular flexibility index (Phi) is 4.76. The van der Waals surface area contributed by atoms with E-state index in [0.29, 0.717) is 42.6 Å². The molecule has 0 unspecified atom stereocenters. The lowest BCUT2D eigenvalue weighted by Gasteiger charge is -2.14. The minimum absolute atomic E-state index is 0.0899. The Balaban J connectivity index is 1.35. The highest BCUT2D eigenvalue weighted by Crippen LogP contribution is 2.25. The molecule has 0 atom stereocenters. The number of nitrogens with zero attached hydrogens (tertiary/aromatic N) is 3. The van der Waals surface area contributed by atoms with E-state index in [2.05, 4.69) is 15.6 Å². The van der Waals surface area contributed by atoms with E-state index in [0.717, 1.165) is 12.1 Å². The van der Waals surface area contributed by atoms with Crippen LogP contribution < -0.4 is 20.4 Å². The molecule has 0 aliphatic carbocycles. The highest BCUT2D eigenvalue weighted by molar-refractivity contribution is 7.14. The first-order valence-electron chi connectivity index (χ1n) is 8.80. The van der Waals surface area contributed by atoms with Crippen molar-refractivity contribution in [3.63, 3.8) is 0 Å². The van der Waals surface area contributed by atoms with Crippen molar-refractivity contribution in [2.24, 2.45) is 0 Å². The van der Waals surface area contributed by atoms with Crippen LogP contribution in [0.2, 0.25) is 0 Å². The van der Waals surface area contributed by atoms with Crippen LogP contribution in [0.4, 0.5) is 21.3 Å². The zero-order chi connectivity index (χ0) is 18.8. The molecule has 2 aliphatic rings. The van der Waals surface area contributed by atoms with Gasteiger partial charge < -0.3 is 10.6 Å². The molecule has 140 valence electrons. The Hall–Kier alpha value is -2.94. The summed E-state index contributed by atoms with van der Waals surface area (Å²) in [7, 11) is 0. The number of urea groups is 1. The van der Waals surface area contributed by atoms with Crippen LogP contribution in [0, 0.1) is 0 Å². The number of benzene rings is 1. The van der Waals surface area contributed by atoms with Crippen LogP contribution in [0.5, 0.6) is 0 Å². The molecule has 2 aromatic rings. The highest BCUT2D eigenvalue weighted by Gasteiger charge is 2.24. The molecule has 3 heterocycles. The fraction of sp³-hybridized carbons (Fsp3) is 0.333. The SMILES string of the molecule is O=C(Cc1csc(N2CCCC2=O)n1)Nc1ccc(N2CCNC2=O)cc1. The average molecular weight is 385 g/mol. The summed E-state index contributed by atoms with van der Waals surface area (Å²) in [6.07, 6.45) is 1.56. The number of amides is 4. The molecule has 2 saturated heterocycles. The summed E-state index contributed by atoms with van der Waals surface area (Å²) >= 11 is 1.39. The van der Waals surface area contributed by atoms with Gasteiger partial charge in [0.25, 0.3) is 0 Å². The summed E-state index contributed by atoms with van der Waals surface area (Å²) < 4.78 is 0. The van der Waals surface area contributed by atoms with Gasteiger partial charge in [-0.15, -0.1) is 11.3 Å². The van der Waals surface area contributed by atoms with Gasteiger partial charge in [-0.3, -0.25) is 19.4 Å². The second kappa shape index (κ2) is 7.36. The molecular weight excluding hydrogens is 366 g/mol. The van der Waals surface area contributed by atoms with Crippen molar-refractivity contribution in [3.8, 4) is 0 Å². The molecular formula is C18H19N5O3S. The number of aromatic nitrogens is 1. The number of hydrogen-bond donors (Lipinski definition) is 2. The molecule has 2 aliphatic heterocycles. The molecule has 1 aromatic carbocycles. The van der Waals surface area contributed by atoms with E-state index < -0.39 is 0 Å². The van der Waals surface area contributed by atoms with Gasteiger partial charge in [0.15, 0.2) is 5.13 Å². The van der Waals surface area contributed by atoms with Gasteiger partial charge in [0.1, 0.15) is 0 Å². The van der Waals surface area contributed by atoms with Crippen LogP contribution in [0.15, 0.2) is 29.6 Å². The maximum Gasteiger partial charge on any atom is 0.321 e. The summed E-state index contributed by atoms with van der Waals surface area (Å²) in [6.45, 7) is 1.96. The van der Waals surface area contributed by atoms with Crippen LogP contribution in [0.3, 0.4) is 0 Å². The first-order valence-corrected chi connectivity index (χ1v) is 9.68. The van der Waals surface area contributed by atoms with Gasteiger partial charge in [-0.1, -0.05) is 0 Å². The fourth-order valence-corrected chi connectivity index (χ4v) is 4.03. The molecule has 0 spiro atoms. The Bertz CT molecular complexity index is 879. The largest absolute Gasteiger partial charge is 0.336 e. The van der Waals surface area contributed by atoms with Crippen LogP contribution in [-0.4, -0.2) is 42.5 Å². The molecule has 1 aromatic heterocycles. The Morgan fingerprint density at radius 2 is 2.00 bits per heavy atom. The van der Waals surface area contributed by atoms with Crippen LogP contribution in [-0.2, 0) is 16.0 Å². The monoisotopic (exact) mass is 385 g/mol. The third-order valence-corrected chi connectivity index (χ3v) is 5.42. The van der Waals surface area contributed by atoms with E-state index in [1.165, 1.54) is 11.3 Å². The van der Waals surface area contributed by atoms with Crippen molar-refractivity contribution < 1.29 is 14.4 Å². The Morgan fingerprint density at radius 1 is 1.19 bits per heavy atom. The normalized spacial score (nSPS) is 16.7. The molecule has 9 heteroatoms. The van der Waals surface area contributed by atoms with Gasteiger partial charge in [0.2, 0.25) is 11.8 Å². The molecule has 0 bridgehead atoms. The van der Waals surface area contributed by atoms with E-state index in [1.807, 2.05) is 5.38 Å². The lowest BCUT2D eigenvalue weighted by Crippen LogP contribution is -2.27. The summed E-state index contributed by atoms with van der Waals surface area (Å²) in [6, 6.07) is 7.05. The summed E-state index contributed by atoms with van der Waals surface area (Å²) in [5, 5.41) is 8.06. The number of carbonyl (C=O) groups is 3. The number of carbonyl (C=O) groups excluding carboxylic acids is 3. The number of thiazole rings is 1. The van der Waals surface area contributed by atoms with Gasteiger partial charge in [0, 0.05) is 42.8 Å². The van der Waals surface area contributed by atoms with E-state index in [9.17, 15) is 14.4 Å². The smallest absolute Gasteiger partial charge is 0.321 e. The van der Waals surface area contributed by atoms with Gasteiger partial charge in [0.05, 0.1) is 12.1 Å². The second-order valence-electron chi connectivity index (χ2n) is 6.43. The van der Waals surface area contributed by atoms with E-state index in [4.69, 9.17) is 0 Å². The molecule has 2 N–H and O–H groups in total. The van der Waals surface area contributed by atoms with Gasteiger partial charge in [-0.2, -0.15) is 0 Å². The van der Waals surface area contributed by atoms with Gasteiger partial charge >= 0.3 is 6.03 Å². The maximum absolute atomic E-state index is 12.3. The topological polar surface area (TPSA) is 94.6 Å². The molecule has 4 amide bonds. The zero-order valence-corrected chi connectivity index (χ0v) is 15.4. The lowest BCUT2D eigenvalue weighted by molar-refractivity contribution is -0.117. The highest BCUT2D eigenvalue weighted by atomic mass is 32.1. The van der Waals surface area contributed by atoms with Crippen molar-refractivity contribution in [1.82, 2.24) is 10.3 Å². The van der Waals surface area contributed by atoms with Crippen molar-refractivity contribution in [1.29, 1.82) is 0 Å². The average Bonchev–Trinajstić information content (AvgIpc) is 3.37. The molecule has 4 rings (SSSR count). The first kappa shape index (κ1) is 17.5. The summed E-state index contributed by atoms with van der Waals surface area (Å²) in [5.41, 5.74) is 2.11. The number of anilines is 3. The zero-order valence-electron chi connectivity index (χ0n) is 14.6. The predicted molar refractivity (Wildman–Crippen MR) is 103 cm³/mol. The molecule has 0 saturated carbocycles. The van der Waals surface area contributed by atoms with E-state index in [-0.39, 0.29) is 24.3 Å². The van der Waals surface area contributed by atoms with E-state index in [1.54, 1.807) is 34.1 Å². The Morgan fingerprint density at radius 3 is 2.67 bits per heavy atom. The lowest BCUT2D eigenvalue weighted by atomic mass is 10.2. The number of rotatable bonds is 5. The maximum atomic E-state index is 12.3. The van der Waals surface area contributed by atoms with Gasteiger partial charge in [-0.05, 0) is 30.7 Å². The quantitative estimate of drug-likeness (QED) is 0.823. The van der Waals surface area contributed by atoms with Crippen molar-refractivity contribution in [3.05, 3.63) is 35.3 Å². The van der Waals surface area contributed by atoms with Crippen LogP contribution in [0.25, 0.3) is 0 Å². The summed E-state index contributed by atoms with van der Waals surface area (Å²) in [5.74, 6) is -0.0848. The summed E-state index contributed by atoms with van der Waals surface area (Å²) in [4.78, 5) is 43.5.